The maximum atomic E-state index is 2.62. The van der Waals surface area contributed by atoms with Crippen LogP contribution in [0.5, 0.6) is 0 Å². The summed E-state index contributed by atoms with van der Waals surface area (Å²) in [7, 11) is 0. The van der Waals surface area contributed by atoms with Gasteiger partial charge in [-0.2, -0.15) is 9.13 Å². The lowest BCUT2D eigenvalue weighted by Crippen LogP contribution is -2.45. The molecule has 3 heterocycles. The monoisotopic (exact) mass is 638 g/mol. The number of hydrogen-bond donors (Lipinski definition) is 0. The second-order valence-electron chi connectivity index (χ2n) is 14.0. The Bertz CT molecular complexity index is 2390. The van der Waals surface area contributed by atoms with E-state index in [0.29, 0.717) is 0 Å². The summed E-state index contributed by atoms with van der Waals surface area (Å²) in [5.74, 6) is 0. The van der Waals surface area contributed by atoms with Crippen LogP contribution in [0.2, 0.25) is 0 Å². The zero-order valence-corrected chi connectivity index (χ0v) is 29.3. The minimum atomic E-state index is -0.0664. The van der Waals surface area contributed by atoms with E-state index in [4.69, 9.17) is 0 Å². The molecule has 49 heavy (non-hydrogen) atoms. The van der Waals surface area contributed by atoms with Crippen LogP contribution in [0.4, 0.5) is 0 Å². The van der Waals surface area contributed by atoms with Gasteiger partial charge in [0.1, 0.15) is 0 Å². The Balaban J connectivity index is 1.41. The standard InChI is InChI=1S/C47H46N2/c1-5-8-18-34-25-26-44-42(28-34)45-24-15-16-27-49(45)35(30-47(44,6-2)7-3)31-48-32-43-40-23-14-12-21-38(40)37-20-11-13-22-39(37)41(43)29-46(48)36-19-10-9-17-33(36)4/h9-17,19-30,32H,5-8,18,31H2,1-4H3/q+2. The van der Waals surface area contributed by atoms with E-state index >= 15 is 0 Å². The second kappa shape index (κ2) is 12.7. The van der Waals surface area contributed by atoms with Crippen LogP contribution in [0.3, 0.4) is 0 Å². The van der Waals surface area contributed by atoms with Gasteiger partial charge in [-0.3, -0.25) is 0 Å². The Morgan fingerprint density at radius 2 is 1.24 bits per heavy atom. The van der Waals surface area contributed by atoms with Crippen molar-refractivity contribution in [3.05, 3.63) is 150 Å². The largest absolute Gasteiger partial charge is 0.250 e. The number of benzene rings is 5. The average Bonchev–Trinajstić information content (AvgIpc) is 3.27. The molecule has 0 bridgehead atoms. The number of rotatable bonds is 8. The minimum Gasteiger partial charge on any atom is -0.187 e. The highest BCUT2D eigenvalue weighted by Gasteiger charge is 2.39. The van der Waals surface area contributed by atoms with Crippen LogP contribution in [-0.4, -0.2) is 0 Å². The van der Waals surface area contributed by atoms with E-state index in [-0.39, 0.29) is 5.41 Å². The van der Waals surface area contributed by atoms with E-state index in [0.717, 1.165) is 25.8 Å². The normalized spacial score (nSPS) is 13.7. The van der Waals surface area contributed by atoms with E-state index in [1.165, 1.54) is 90.1 Å². The first-order valence-corrected chi connectivity index (χ1v) is 18.2. The van der Waals surface area contributed by atoms with Crippen molar-refractivity contribution in [2.24, 2.45) is 0 Å². The first-order chi connectivity index (χ1) is 24.0. The molecule has 1 aliphatic heterocycles. The fraction of sp³-hybridized carbons (Fsp3) is 0.234. The average molecular weight is 639 g/mol. The number of fused-ring (bicyclic) bond motifs is 9. The number of nitrogens with zero attached hydrogens (tertiary/aromatic N) is 2. The highest BCUT2D eigenvalue weighted by atomic mass is 15.1. The van der Waals surface area contributed by atoms with E-state index in [1.54, 1.807) is 0 Å². The van der Waals surface area contributed by atoms with Gasteiger partial charge in [0.15, 0.2) is 12.4 Å². The van der Waals surface area contributed by atoms with Crippen LogP contribution in [-0.2, 0) is 18.4 Å². The van der Waals surface area contributed by atoms with Gasteiger partial charge in [0.2, 0.25) is 23.6 Å². The quantitative estimate of drug-likeness (QED) is 0.116. The van der Waals surface area contributed by atoms with Gasteiger partial charge in [-0.25, -0.2) is 0 Å². The second-order valence-corrected chi connectivity index (χ2v) is 14.0. The third-order valence-corrected chi connectivity index (χ3v) is 11.2. The number of allylic oxidation sites excluding steroid dienone is 2. The summed E-state index contributed by atoms with van der Waals surface area (Å²) in [6, 6.07) is 43.2. The maximum absolute atomic E-state index is 2.62. The van der Waals surface area contributed by atoms with Crippen molar-refractivity contribution >= 4 is 38.0 Å². The maximum Gasteiger partial charge on any atom is 0.250 e. The minimum absolute atomic E-state index is 0.0664. The van der Waals surface area contributed by atoms with Crippen LogP contribution in [0, 0.1) is 6.92 Å². The SMILES string of the molecule is CCCCc1ccc2c(c1)-c1cccc[n+]1C(C[n+]1cc3c4ccccc4c4ccccc4c3cc1-c1ccccc1C)=CC2(CC)CC. The molecule has 0 fully saturated rings. The number of pyridine rings is 2. The number of hydrogen-bond acceptors (Lipinski definition) is 0. The van der Waals surface area contributed by atoms with E-state index in [9.17, 15) is 0 Å². The first-order valence-electron chi connectivity index (χ1n) is 18.2. The third-order valence-electron chi connectivity index (χ3n) is 11.2. The highest BCUT2D eigenvalue weighted by molar-refractivity contribution is 6.25. The van der Waals surface area contributed by atoms with E-state index in [2.05, 4.69) is 171 Å². The fourth-order valence-electron chi connectivity index (χ4n) is 8.44. The lowest BCUT2D eigenvalue weighted by Gasteiger charge is -2.29. The Labute approximate surface area is 291 Å². The van der Waals surface area contributed by atoms with Crippen LogP contribution in [0.25, 0.3) is 60.5 Å². The molecule has 0 spiro atoms. The van der Waals surface area contributed by atoms with Gasteiger partial charge < -0.3 is 0 Å². The lowest BCUT2D eigenvalue weighted by molar-refractivity contribution is -0.697. The van der Waals surface area contributed by atoms with Crippen molar-refractivity contribution in [1.29, 1.82) is 0 Å². The zero-order valence-electron chi connectivity index (χ0n) is 29.3. The Hall–Kier alpha value is -5.08. The van der Waals surface area contributed by atoms with Crippen LogP contribution >= 0.6 is 0 Å². The number of aromatic nitrogens is 2. The predicted octanol–water partition coefficient (Wildman–Crippen LogP) is 11.3. The molecule has 0 saturated heterocycles. The molecule has 8 rings (SSSR count). The summed E-state index contributed by atoms with van der Waals surface area (Å²) in [4.78, 5) is 0. The van der Waals surface area contributed by atoms with Crippen LogP contribution in [0.15, 0.2) is 134 Å². The smallest absolute Gasteiger partial charge is 0.187 e. The Morgan fingerprint density at radius 1 is 0.592 bits per heavy atom. The van der Waals surface area contributed by atoms with Crippen LogP contribution in [0.1, 0.15) is 63.1 Å². The topological polar surface area (TPSA) is 7.76 Å². The Morgan fingerprint density at radius 3 is 1.94 bits per heavy atom. The third kappa shape index (κ3) is 5.26. The molecule has 7 aromatic rings. The fourth-order valence-corrected chi connectivity index (χ4v) is 8.44. The summed E-state index contributed by atoms with van der Waals surface area (Å²) in [6.07, 6.45) is 13.0. The molecule has 5 aromatic carbocycles. The van der Waals surface area contributed by atoms with E-state index in [1.807, 2.05) is 0 Å². The molecule has 0 saturated carbocycles. The van der Waals surface area contributed by atoms with Crippen molar-refractivity contribution < 1.29 is 9.13 Å². The molecule has 1 aliphatic rings. The van der Waals surface area contributed by atoms with Gasteiger partial charge in [0, 0.05) is 40.6 Å². The van der Waals surface area contributed by atoms with Crippen molar-refractivity contribution in [3.8, 4) is 22.5 Å². The molecule has 0 aliphatic carbocycles. The molecule has 0 amide bonds. The van der Waals surface area contributed by atoms with Gasteiger partial charge in [0.05, 0.1) is 10.9 Å². The van der Waals surface area contributed by atoms with Gasteiger partial charge in [-0.15, -0.1) is 0 Å². The Kier molecular flexibility index (Phi) is 8.12. The van der Waals surface area contributed by atoms with E-state index < -0.39 is 0 Å². The molecule has 0 unspecified atom stereocenters. The first kappa shape index (κ1) is 31.2. The molecular formula is C47H46N2+2. The van der Waals surface area contributed by atoms with Crippen molar-refractivity contribution in [2.75, 3.05) is 0 Å². The van der Waals surface area contributed by atoms with Crippen LogP contribution < -0.4 is 9.13 Å². The van der Waals surface area contributed by atoms with Crippen molar-refractivity contribution in [1.82, 2.24) is 0 Å². The van der Waals surface area contributed by atoms with Crippen molar-refractivity contribution in [2.45, 2.75) is 71.8 Å². The molecule has 2 heteroatoms. The number of aryl methyl sites for hydroxylation is 2. The molecular weight excluding hydrogens is 593 g/mol. The van der Waals surface area contributed by atoms with Gasteiger partial charge in [-0.1, -0.05) is 106 Å². The summed E-state index contributed by atoms with van der Waals surface area (Å²) >= 11 is 0. The molecule has 0 N–H and O–H groups in total. The zero-order chi connectivity index (χ0) is 33.5. The molecule has 242 valence electrons. The summed E-state index contributed by atoms with van der Waals surface area (Å²) < 4.78 is 5.01. The molecule has 0 radical (unpaired) electrons. The highest BCUT2D eigenvalue weighted by Crippen LogP contribution is 2.43. The number of unbranched alkanes of at least 4 members (excludes halogenated alkanes) is 1. The lowest BCUT2D eigenvalue weighted by atomic mass is 9.73. The van der Waals surface area contributed by atoms with Gasteiger partial charge in [0.25, 0.3) is 0 Å². The summed E-state index contributed by atoms with van der Waals surface area (Å²) in [5, 5.41) is 7.81. The van der Waals surface area contributed by atoms with Gasteiger partial charge in [-0.05, 0) is 89.0 Å². The molecule has 2 nitrogen and oxygen atoms in total. The molecule has 2 aromatic heterocycles. The summed E-state index contributed by atoms with van der Waals surface area (Å²) in [5.41, 5.74) is 10.6. The molecule has 0 atom stereocenters. The van der Waals surface area contributed by atoms with Crippen molar-refractivity contribution in [3.63, 3.8) is 0 Å². The predicted molar refractivity (Wildman–Crippen MR) is 207 cm³/mol. The summed E-state index contributed by atoms with van der Waals surface area (Å²) in [6.45, 7) is 10.0. The van der Waals surface area contributed by atoms with Gasteiger partial charge >= 0.3 is 0 Å².